The molecule has 0 aliphatic heterocycles. The summed E-state index contributed by atoms with van der Waals surface area (Å²) in [6.07, 6.45) is 1.45. The highest BCUT2D eigenvalue weighted by Crippen LogP contribution is 2.21. The quantitative estimate of drug-likeness (QED) is 0.828. The summed E-state index contributed by atoms with van der Waals surface area (Å²) in [6, 6.07) is 0. The van der Waals surface area contributed by atoms with Crippen molar-refractivity contribution in [2.75, 3.05) is 7.11 Å². The summed E-state index contributed by atoms with van der Waals surface area (Å²) in [4.78, 5) is 15.2. The minimum Gasteiger partial charge on any atom is -0.475 e. The van der Waals surface area contributed by atoms with E-state index >= 15 is 0 Å². The maximum Gasteiger partial charge on any atom is 0.373 e. The monoisotopic (exact) mass is 241 g/mol. The molecule has 0 saturated heterocycles. The van der Waals surface area contributed by atoms with Crippen LogP contribution < -0.4 is 0 Å². The Balaban J connectivity index is 2.81. The van der Waals surface area contributed by atoms with Gasteiger partial charge < -0.3 is 14.3 Å². The first kappa shape index (κ1) is 13.7. The van der Waals surface area contributed by atoms with E-state index in [1.165, 1.54) is 0 Å². The van der Waals surface area contributed by atoms with Gasteiger partial charge in [-0.25, -0.2) is 9.78 Å². The number of nitrogens with zero attached hydrogens (tertiary/aromatic N) is 1. The van der Waals surface area contributed by atoms with Crippen molar-refractivity contribution in [3.63, 3.8) is 0 Å². The fourth-order valence-corrected chi connectivity index (χ4v) is 1.47. The molecule has 1 atom stereocenters. The van der Waals surface area contributed by atoms with E-state index in [2.05, 4.69) is 4.98 Å². The van der Waals surface area contributed by atoms with Crippen molar-refractivity contribution in [3.8, 4) is 0 Å². The molecule has 5 nitrogen and oxygen atoms in total. The van der Waals surface area contributed by atoms with Crippen molar-refractivity contribution in [1.82, 2.24) is 4.98 Å². The highest BCUT2D eigenvalue weighted by atomic mass is 16.5. The number of hydrogen-bond donors (Lipinski definition) is 1. The molecule has 17 heavy (non-hydrogen) atoms. The summed E-state index contributed by atoms with van der Waals surface area (Å²) < 4.78 is 10.4. The maximum atomic E-state index is 11.0. The number of rotatable bonds is 6. The van der Waals surface area contributed by atoms with Crippen LogP contribution in [0.2, 0.25) is 0 Å². The van der Waals surface area contributed by atoms with Crippen LogP contribution >= 0.6 is 0 Å². The third-order valence-corrected chi connectivity index (χ3v) is 2.61. The molecule has 0 aromatic carbocycles. The molecule has 0 radical (unpaired) electrons. The van der Waals surface area contributed by atoms with Gasteiger partial charge >= 0.3 is 5.97 Å². The van der Waals surface area contributed by atoms with Crippen molar-refractivity contribution < 1.29 is 19.1 Å². The number of aromatic nitrogens is 1. The summed E-state index contributed by atoms with van der Waals surface area (Å²) >= 11 is 0. The van der Waals surface area contributed by atoms with E-state index in [1.54, 1.807) is 7.11 Å². The van der Waals surface area contributed by atoms with E-state index in [9.17, 15) is 4.79 Å². The van der Waals surface area contributed by atoms with Crippen LogP contribution in [0, 0.1) is 0 Å². The van der Waals surface area contributed by atoms with Gasteiger partial charge in [-0.1, -0.05) is 13.8 Å². The molecule has 0 spiro atoms. The molecule has 0 fully saturated rings. The smallest absolute Gasteiger partial charge is 0.373 e. The summed E-state index contributed by atoms with van der Waals surface area (Å²) in [7, 11) is 1.64. The lowest BCUT2D eigenvalue weighted by molar-refractivity contribution is 0.0657. The fraction of sp³-hybridized carbons (Fsp3) is 0.667. The van der Waals surface area contributed by atoms with Gasteiger partial charge in [0.05, 0.1) is 11.8 Å². The Morgan fingerprint density at radius 1 is 1.47 bits per heavy atom. The van der Waals surface area contributed by atoms with Gasteiger partial charge in [-0.05, 0) is 19.3 Å². The lowest BCUT2D eigenvalue weighted by Crippen LogP contribution is -2.06. The highest BCUT2D eigenvalue weighted by molar-refractivity contribution is 5.85. The topological polar surface area (TPSA) is 72.6 Å². The zero-order valence-electron chi connectivity index (χ0n) is 10.7. The minimum atomic E-state index is -1.06. The molecule has 0 amide bonds. The van der Waals surface area contributed by atoms with Gasteiger partial charge in [0.2, 0.25) is 5.76 Å². The number of ether oxygens (including phenoxy) is 1. The third-order valence-electron chi connectivity index (χ3n) is 2.61. The average Bonchev–Trinajstić information content (AvgIpc) is 2.70. The Labute approximate surface area is 101 Å². The minimum absolute atomic E-state index is 0.0402. The van der Waals surface area contributed by atoms with Crippen LogP contribution in [-0.2, 0) is 11.2 Å². The first-order valence-electron chi connectivity index (χ1n) is 5.71. The Kier molecular flexibility index (Phi) is 4.69. The van der Waals surface area contributed by atoms with Gasteiger partial charge in [0, 0.05) is 13.5 Å². The second-order valence-corrected chi connectivity index (χ2v) is 4.37. The summed E-state index contributed by atoms with van der Waals surface area (Å²) in [5.74, 6) is -0.597. The lowest BCUT2D eigenvalue weighted by Gasteiger charge is -2.06. The molecule has 1 unspecified atom stereocenters. The summed E-state index contributed by atoms with van der Waals surface area (Å²) in [5.41, 5.74) is 0.512. The zero-order chi connectivity index (χ0) is 13.0. The molecular formula is C12H19NO4. The Morgan fingerprint density at radius 2 is 2.12 bits per heavy atom. The molecule has 0 saturated carbocycles. The molecule has 1 aromatic heterocycles. The maximum absolute atomic E-state index is 11.0. The Morgan fingerprint density at radius 3 is 2.53 bits per heavy atom. The Bertz CT molecular complexity index is 384. The van der Waals surface area contributed by atoms with Crippen LogP contribution in [0.3, 0.4) is 0 Å². The number of carboxylic acid groups (broad SMARTS) is 1. The number of oxazole rings is 1. The van der Waals surface area contributed by atoms with Crippen LogP contribution in [0.4, 0.5) is 0 Å². The van der Waals surface area contributed by atoms with Crippen LogP contribution in [-0.4, -0.2) is 29.3 Å². The van der Waals surface area contributed by atoms with Gasteiger partial charge in [0.15, 0.2) is 5.89 Å². The van der Waals surface area contributed by atoms with Crippen molar-refractivity contribution in [2.24, 2.45) is 0 Å². The molecule has 0 aliphatic carbocycles. The van der Waals surface area contributed by atoms with Gasteiger partial charge in [-0.15, -0.1) is 0 Å². The molecular weight excluding hydrogens is 222 g/mol. The van der Waals surface area contributed by atoms with Crippen LogP contribution in [0.1, 0.15) is 55.2 Å². The average molecular weight is 241 g/mol. The van der Waals surface area contributed by atoms with Gasteiger partial charge in [-0.3, -0.25) is 0 Å². The van der Waals surface area contributed by atoms with Gasteiger partial charge in [-0.2, -0.15) is 0 Å². The number of aromatic carboxylic acids is 1. The van der Waals surface area contributed by atoms with E-state index in [-0.39, 0.29) is 17.8 Å². The predicted octanol–water partition coefficient (Wildman–Crippen LogP) is 2.46. The van der Waals surface area contributed by atoms with Crippen LogP contribution in [0.15, 0.2) is 4.42 Å². The fourth-order valence-electron chi connectivity index (χ4n) is 1.47. The van der Waals surface area contributed by atoms with Crippen LogP contribution in [0.25, 0.3) is 0 Å². The molecule has 0 aliphatic rings. The number of aryl methyl sites for hydroxylation is 1. The Hall–Kier alpha value is -1.36. The number of hydrogen-bond acceptors (Lipinski definition) is 4. The zero-order valence-corrected chi connectivity index (χ0v) is 10.7. The van der Waals surface area contributed by atoms with E-state index in [4.69, 9.17) is 14.3 Å². The number of carboxylic acids is 1. The van der Waals surface area contributed by atoms with Crippen molar-refractivity contribution >= 4 is 5.97 Å². The first-order valence-corrected chi connectivity index (χ1v) is 5.71. The lowest BCUT2D eigenvalue weighted by atomic mass is 10.1. The molecule has 0 bridgehead atoms. The van der Waals surface area contributed by atoms with E-state index in [0.29, 0.717) is 18.0 Å². The number of carbonyl (C=O) groups is 1. The first-order chi connectivity index (χ1) is 7.95. The normalized spacial score (nSPS) is 13.0. The van der Waals surface area contributed by atoms with Crippen LogP contribution in [0.5, 0.6) is 0 Å². The largest absolute Gasteiger partial charge is 0.475 e. The summed E-state index contributed by atoms with van der Waals surface area (Å²) in [5, 5.41) is 8.99. The van der Waals surface area contributed by atoms with Gasteiger partial charge in [0.1, 0.15) is 0 Å². The van der Waals surface area contributed by atoms with Crippen molar-refractivity contribution in [2.45, 2.75) is 45.6 Å². The predicted molar refractivity (Wildman–Crippen MR) is 62.3 cm³/mol. The third kappa shape index (κ3) is 3.56. The number of methoxy groups -OCH3 is 1. The second-order valence-electron chi connectivity index (χ2n) is 4.37. The highest BCUT2D eigenvalue weighted by Gasteiger charge is 2.21. The standard InChI is InChI=1S/C12H19NO4/c1-7(2)10-11(12(14)15)17-9(13-10)6-5-8(3)16-4/h7-8H,5-6H2,1-4H3,(H,14,15). The van der Waals surface area contributed by atoms with E-state index in [1.807, 2.05) is 20.8 Å². The van der Waals surface area contributed by atoms with Crippen molar-refractivity contribution in [3.05, 3.63) is 17.3 Å². The molecule has 1 heterocycles. The molecule has 5 heteroatoms. The molecule has 1 aromatic rings. The van der Waals surface area contributed by atoms with Gasteiger partial charge in [0.25, 0.3) is 0 Å². The molecule has 96 valence electrons. The summed E-state index contributed by atoms with van der Waals surface area (Å²) in [6.45, 7) is 5.74. The second kappa shape index (κ2) is 5.82. The molecule has 1 N–H and O–H groups in total. The van der Waals surface area contributed by atoms with E-state index in [0.717, 1.165) is 6.42 Å². The molecule has 1 rings (SSSR count). The van der Waals surface area contributed by atoms with Crippen molar-refractivity contribution in [1.29, 1.82) is 0 Å². The van der Waals surface area contributed by atoms with E-state index < -0.39 is 5.97 Å². The SMILES string of the molecule is COC(C)CCc1nc(C(C)C)c(C(=O)O)o1.